The standard InChI is InChI=1S/C14H19N3O2.ClH/c15-9-10-4-6-11(7-5-10)13(18)17-12-3-1-2-8-16-14(12)19;/h4-7,12H,1-3,8-9,15H2,(H,16,19)(H,17,18);1H. The first kappa shape index (κ1) is 16.5. The van der Waals surface area contributed by atoms with Gasteiger partial charge in [0.25, 0.3) is 5.91 Å². The number of nitrogens with two attached hydrogens (primary N) is 1. The molecule has 1 fully saturated rings. The van der Waals surface area contributed by atoms with E-state index in [-0.39, 0.29) is 24.2 Å². The Morgan fingerprint density at radius 2 is 2.00 bits per heavy atom. The van der Waals surface area contributed by atoms with Crippen LogP contribution in [0.15, 0.2) is 24.3 Å². The number of carbonyl (C=O) groups excluding carboxylic acids is 2. The van der Waals surface area contributed by atoms with Crippen molar-refractivity contribution in [3.05, 3.63) is 35.4 Å². The average Bonchev–Trinajstić information content (AvgIpc) is 2.64. The molecule has 1 aliphatic heterocycles. The van der Waals surface area contributed by atoms with Crippen LogP contribution in [0.3, 0.4) is 0 Å². The van der Waals surface area contributed by atoms with Crippen molar-refractivity contribution in [2.45, 2.75) is 31.8 Å². The molecule has 1 aromatic carbocycles. The summed E-state index contributed by atoms with van der Waals surface area (Å²) in [5.74, 6) is -0.310. The van der Waals surface area contributed by atoms with Gasteiger partial charge >= 0.3 is 0 Å². The van der Waals surface area contributed by atoms with Crippen molar-refractivity contribution in [1.82, 2.24) is 10.6 Å². The summed E-state index contributed by atoms with van der Waals surface area (Å²) < 4.78 is 0. The molecule has 1 aliphatic rings. The number of benzene rings is 1. The molecule has 0 spiro atoms. The number of hydrogen-bond donors (Lipinski definition) is 3. The van der Waals surface area contributed by atoms with Crippen molar-refractivity contribution < 1.29 is 9.59 Å². The maximum Gasteiger partial charge on any atom is 0.251 e. The second-order valence-electron chi connectivity index (χ2n) is 4.71. The van der Waals surface area contributed by atoms with Gasteiger partial charge in [0.2, 0.25) is 5.91 Å². The minimum Gasteiger partial charge on any atom is -0.354 e. The highest BCUT2D eigenvalue weighted by molar-refractivity contribution is 5.97. The lowest BCUT2D eigenvalue weighted by atomic mass is 10.1. The number of rotatable bonds is 3. The van der Waals surface area contributed by atoms with Gasteiger partial charge in [0.15, 0.2) is 0 Å². The van der Waals surface area contributed by atoms with Gasteiger partial charge in [0.1, 0.15) is 6.04 Å². The number of nitrogens with one attached hydrogen (secondary N) is 2. The van der Waals surface area contributed by atoms with Crippen LogP contribution < -0.4 is 16.4 Å². The Bertz CT molecular complexity index is 462. The third-order valence-electron chi connectivity index (χ3n) is 3.29. The van der Waals surface area contributed by atoms with Crippen molar-refractivity contribution >= 4 is 24.2 Å². The molecule has 2 amide bonds. The van der Waals surface area contributed by atoms with Gasteiger partial charge in [-0.25, -0.2) is 0 Å². The van der Waals surface area contributed by atoms with Crippen LogP contribution in [-0.2, 0) is 11.3 Å². The van der Waals surface area contributed by atoms with Crippen LogP contribution in [0.5, 0.6) is 0 Å². The smallest absolute Gasteiger partial charge is 0.251 e. The van der Waals surface area contributed by atoms with Gasteiger partial charge in [0, 0.05) is 18.7 Å². The van der Waals surface area contributed by atoms with Crippen LogP contribution in [0, 0.1) is 0 Å². The predicted octanol–water partition coefficient (Wildman–Crippen LogP) is 0.966. The molecule has 0 aromatic heterocycles. The second kappa shape index (κ2) is 7.87. The Morgan fingerprint density at radius 1 is 1.30 bits per heavy atom. The Kier molecular flexibility index (Phi) is 6.48. The van der Waals surface area contributed by atoms with Gasteiger partial charge < -0.3 is 16.4 Å². The van der Waals surface area contributed by atoms with E-state index in [0.29, 0.717) is 25.1 Å². The molecule has 4 N–H and O–H groups in total. The lowest BCUT2D eigenvalue weighted by molar-refractivity contribution is -0.122. The van der Waals surface area contributed by atoms with E-state index in [1.54, 1.807) is 12.1 Å². The molecule has 2 rings (SSSR count). The Labute approximate surface area is 124 Å². The number of carbonyl (C=O) groups is 2. The van der Waals surface area contributed by atoms with Gasteiger partial charge in [-0.05, 0) is 37.0 Å². The van der Waals surface area contributed by atoms with Gasteiger partial charge in [-0.3, -0.25) is 9.59 Å². The topological polar surface area (TPSA) is 84.2 Å². The largest absolute Gasteiger partial charge is 0.354 e. The van der Waals surface area contributed by atoms with E-state index in [0.717, 1.165) is 18.4 Å². The minimum atomic E-state index is -0.427. The Hall–Kier alpha value is -1.59. The third kappa shape index (κ3) is 4.21. The molecular formula is C14H20ClN3O2. The SMILES string of the molecule is Cl.NCc1ccc(C(=O)NC2CCCCNC2=O)cc1. The van der Waals surface area contributed by atoms with E-state index in [2.05, 4.69) is 10.6 Å². The quantitative estimate of drug-likeness (QED) is 0.777. The zero-order chi connectivity index (χ0) is 13.7. The highest BCUT2D eigenvalue weighted by atomic mass is 35.5. The van der Waals surface area contributed by atoms with Crippen LogP contribution >= 0.6 is 12.4 Å². The summed E-state index contributed by atoms with van der Waals surface area (Å²) >= 11 is 0. The van der Waals surface area contributed by atoms with Crippen LogP contribution in [0.4, 0.5) is 0 Å². The van der Waals surface area contributed by atoms with Gasteiger partial charge in [-0.15, -0.1) is 12.4 Å². The molecule has 5 nitrogen and oxygen atoms in total. The zero-order valence-electron chi connectivity index (χ0n) is 11.2. The van der Waals surface area contributed by atoms with E-state index in [4.69, 9.17) is 5.73 Å². The molecule has 1 unspecified atom stereocenters. The molecule has 110 valence electrons. The van der Waals surface area contributed by atoms with Gasteiger partial charge in [-0.2, -0.15) is 0 Å². The predicted molar refractivity (Wildman–Crippen MR) is 79.7 cm³/mol. The van der Waals surface area contributed by atoms with Crippen LogP contribution in [0.25, 0.3) is 0 Å². The first-order chi connectivity index (χ1) is 9.20. The molecule has 1 atom stereocenters. The summed E-state index contributed by atoms with van der Waals surface area (Å²) in [7, 11) is 0. The fourth-order valence-corrected chi connectivity index (χ4v) is 2.11. The van der Waals surface area contributed by atoms with Crippen molar-refractivity contribution in [2.75, 3.05) is 6.54 Å². The molecule has 0 saturated carbocycles. The summed E-state index contributed by atoms with van der Waals surface area (Å²) in [6.45, 7) is 1.14. The summed E-state index contributed by atoms with van der Waals surface area (Å²) in [6.07, 6.45) is 2.59. The summed E-state index contributed by atoms with van der Waals surface area (Å²) in [4.78, 5) is 23.8. The first-order valence-electron chi connectivity index (χ1n) is 6.58. The zero-order valence-corrected chi connectivity index (χ0v) is 12.0. The molecular weight excluding hydrogens is 278 g/mol. The van der Waals surface area contributed by atoms with Crippen molar-refractivity contribution in [2.24, 2.45) is 5.73 Å². The van der Waals surface area contributed by atoms with E-state index in [1.807, 2.05) is 12.1 Å². The van der Waals surface area contributed by atoms with Crippen LogP contribution in [-0.4, -0.2) is 24.4 Å². The van der Waals surface area contributed by atoms with Crippen molar-refractivity contribution in [1.29, 1.82) is 0 Å². The van der Waals surface area contributed by atoms with E-state index in [1.165, 1.54) is 0 Å². The normalized spacial score (nSPS) is 18.4. The highest BCUT2D eigenvalue weighted by Crippen LogP contribution is 2.08. The third-order valence-corrected chi connectivity index (χ3v) is 3.29. The van der Waals surface area contributed by atoms with Crippen LogP contribution in [0.2, 0.25) is 0 Å². The highest BCUT2D eigenvalue weighted by Gasteiger charge is 2.22. The van der Waals surface area contributed by atoms with E-state index < -0.39 is 6.04 Å². The summed E-state index contributed by atoms with van der Waals surface area (Å²) in [5, 5.41) is 5.58. The Morgan fingerprint density at radius 3 is 2.65 bits per heavy atom. The Balaban J connectivity index is 0.00000200. The number of halogens is 1. The average molecular weight is 298 g/mol. The van der Waals surface area contributed by atoms with E-state index in [9.17, 15) is 9.59 Å². The molecule has 6 heteroatoms. The van der Waals surface area contributed by atoms with Crippen LogP contribution in [0.1, 0.15) is 35.2 Å². The molecule has 0 radical (unpaired) electrons. The minimum absolute atomic E-state index is 0. The summed E-state index contributed by atoms with van der Waals surface area (Å²) in [6, 6.07) is 6.67. The van der Waals surface area contributed by atoms with Crippen molar-refractivity contribution in [3.63, 3.8) is 0 Å². The van der Waals surface area contributed by atoms with Gasteiger partial charge in [-0.1, -0.05) is 12.1 Å². The molecule has 0 aliphatic carbocycles. The summed E-state index contributed by atoms with van der Waals surface area (Å²) in [5.41, 5.74) is 7.03. The maximum absolute atomic E-state index is 12.0. The lowest BCUT2D eigenvalue weighted by Crippen LogP contribution is -2.45. The monoisotopic (exact) mass is 297 g/mol. The molecule has 1 aromatic rings. The fourth-order valence-electron chi connectivity index (χ4n) is 2.11. The van der Waals surface area contributed by atoms with E-state index >= 15 is 0 Å². The number of amides is 2. The molecule has 1 heterocycles. The fraction of sp³-hybridized carbons (Fsp3) is 0.429. The maximum atomic E-state index is 12.0. The van der Waals surface area contributed by atoms with Gasteiger partial charge in [0.05, 0.1) is 0 Å². The first-order valence-corrected chi connectivity index (χ1v) is 6.58. The molecule has 20 heavy (non-hydrogen) atoms. The second-order valence-corrected chi connectivity index (χ2v) is 4.71. The number of hydrogen-bond acceptors (Lipinski definition) is 3. The lowest BCUT2D eigenvalue weighted by Gasteiger charge is -2.15. The van der Waals surface area contributed by atoms with Crippen molar-refractivity contribution in [3.8, 4) is 0 Å². The molecule has 1 saturated heterocycles. The molecule has 0 bridgehead atoms.